The van der Waals surface area contributed by atoms with Gasteiger partial charge in [0.2, 0.25) is 11.8 Å². The van der Waals surface area contributed by atoms with Gasteiger partial charge < -0.3 is 9.42 Å². The van der Waals surface area contributed by atoms with E-state index in [0.717, 1.165) is 12.3 Å². The average molecular weight is 342 g/mol. The number of aryl methyl sites for hydroxylation is 1. The average Bonchev–Trinajstić information content (AvgIpc) is 3.00. The third kappa shape index (κ3) is 3.48. The molecule has 0 N–H and O–H groups in total. The van der Waals surface area contributed by atoms with E-state index >= 15 is 0 Å². The van der Waals surface area contributed by atoms with E-state index < -0.39 is 11.9 Å². The molecule has 0 aliphatic carbocycles. The van der Waals surface area contributed by atoms with Gasteiger partial charge in [-0.15, -0.1) is 0 Å². The topological polar surface area (TPSA) is 71.2 Å². The van der Waals surface area contributed by atoms with Gasteiger partial charge in [0.05, 0.1) is 6.04 Å². The van der Waals surface area contributed by atoms with Crippen molar-refractivity contribution in [1.29, 1.82) is 0 Å². The van der Waals surface area contributed by atoms with Gasteiger partial charge in [-0.05, 0) is 19.9 Å². The van der Waals surface area contributed by atoms with Crippen LogP contribution in [-0.2, 0) is 6.18 Å². The second kappa shape index (κ2) is 6.34. The zero-order valence-corrected chi connectivity index (χ0v) is 13.3. The van der Waals surface area contributed by atoms with E-state index in [4.69, 9.17) is 4.52 Å². The predicted molar refractivity (Wildman–Crippen MR) is 78.3 cm³/mol. The molecule has 10 heteroatoms. The quantitative estimate of drug-likeness (QED) is 0.845. The second-order valence-electron chi connectivity index (χ2n) is 5.62. The van der Waals surface area contributed by atoms with Crippen LogP contribution < -0.4 is 4.90 Å². The van der Waals surface area contributed by atoms with Gasteiger partial charge in [-0.2, -0.15) is 18.2 Å². The molecule has 7 nitrogen and oxygen atoms in total. The molecule has 1 atom stereocenters. The van der Waals surface area contributed by atoms with Crippen LogP contribution in [0.1, 0.15) is 30.4 Å². The first-order valence-electron chi connectivity index (χ1n) is 7.54. The fourth-order valence-electron chi connectivity index (χ4n) is 2.61. The largest absolute Gasteiger partial charge is 0.433 e. The Morgan fingerprint density at radius 1 is 1.17 bits per heavy atom. The minimum absolute atomic E-state index is 0.0456. The minimum atomic E-state index is -4.47. The summed E-state index contributed by atoms with van der Waals surface area (Å²) < 4.78 is 43.4. The van der Waals surface area contributed by atoms with Gasteiger partial charge in [0.25, 0.3) is 0 Å². The number of hydrogen-bond donors (Lipinski definition) is 0. The van der Waals surface area contributed by atoms with E-state index in [1.807, 2.05) is 6.92 Å². The Morgan fingerprint density at radius 3 is 2.46 bits per heavy atom. The molecule has 24 heavy (non-hydrogen) atoms. The van der Waals surface area contributed by atoms with Gasteiger partial charge in [0, 0.05) is 32.4 Å². The van der Waals surface area contributed by atoms with Crippen LogP contribution >= 0.6 is 0 Å². The number of hydrogen-bond acceptors (Lipinski definition) is 7. The third-order valence-corrected chi connectivity index (χ3v) is 3.98. The molecular weight excluding hydrogens is 325 g/mol. The van der Waals surface area contributed by atoms with E-state index in [1.165, 1.54) is 0 Å². The van der Waals surface area contributed by atoms with Crippen LogP contribution in [0.4, 0.5) is 19.1 Å². The third-order valence-electron chi connectivity index (χ3n) is 3.98. The maximum Gasteiger partial charge on any atom is 0.433 e. The number of nitrogens with zero attached hydrogens (tertiary/aromatic N) is 6. The molecule has 3 rings (SSSR count). The van der Waals surface area contributed by atoms with Crippen molar-refractivity contribution in [1.82, 2.24) is 25.0 Å². The van der Waals surface area contributed by atoms with Crippen molar-refractivity contribution in [3.05, 3.63) is 29.7 Å². The smallest absolute Gasteiger partial charge is 0.338 e. The van der Waals surface area contributed by atoms with Gasteiger partial charge in [-0.25, -0.2) is 9.97 Å². The van der Waals surface area contributed by atoms with Crippen LogP contribution in [0, 0.1) is 6.92 Å². The highest BCUT2D eigenvalue weighted by Crippen LogP contribution is 2.28. The number of halogens is 3. The molecule has 0 amide bonds. The molecule has 2 aromatic rings. The Morgan fingerprint density at radius 2 is 1.88 bits per heavy atom. The van der Waals surface area contributed by atoms with E-state index in [9.17, 15) is 13.2 Å². The summed E-state index contributed by atoms with van der Waals surface area (Å²) in [5.74, 6) is 1.22. The first-order valence-corrected chi connectivity index (χ1v) is 7.54. The molecule has 3 heterocycles. The van der Waals surface area contributed by atoms with Gasteiger partial charge >= 0.3 is 6.18 Å². The molecule has 0 spiro atoms. The van der Waals surface area contributed by atoms with Crippen molar-refractivity contribution in [2.24, 2.45) is 0 Å². The van der Waals surface area contributed by atoms with Gasteiger partial charge in [-0.3, -0.25) is 4.90 Å². The lowest BCUT2D eigenvalue weighted by Crippen LogP contribution is -2.47. The van der Waals surface area contributed by atoms with Gasteiger partial charge in [0.1, 0.15) is 5.69 Å². The predicted octanol–water partition coefficient (Wildman–Crippen LogP) is 2.07. The molecular formula is C14H17F3N6O. The highest BCUT2D eigenvalue weighted by atomic mass is 19.4. The van der Waals surface area contributed by atoms with Crippen molar-refractivity contribution in [3.63, 3.8) is 0 Å². The van der Waals surface area contributed by atoms with Gasteiger partial charge in [-0.1, -0.05) is 5.16 Å². The van der Waals surface area contributed by atoms with E-state index in [1.54, 1.807) is 11.8 Å². The van der Waals surface area contributed by atoms with Crippen LogP contribution in [0.3, 0.4) is 0 Å². The summed E-state index contributed by atoms with van der Waals surface area (Å²) in [5, 5.41) is 3.78. The van der Waals surface area contributed by atoms with Crippen LogP contribution in [0.25, 0.3) is 0 Å². The van der Waals surface area contributed by atoms with Crippen LogP contribution in [-0.4, -0.2) is 51.2 Å². The summed E-state index contributed by atoms with van der Waals surface area (Å²) in [6.07, 6.45) is -3.33. The summed E-state index contributed by atoms with van der Waals surface area (Å²) in [6.45, 7) is 6.05. The summed E-state index contributed by atoms with van der Waals surface area (Å²) in [7, 11) is 0. The normalized spacial score (nSPS) is 18.0. The van der Waals surface area contributed by atoms with Crippen molar-refractivity contribution >= 4 is 5.95 Å². The van der Waals surface area contributed by atoms with E-state index in [2.05, 4.69) is 25.0 Å². The Balaban J connectivity index is 1.65. The number of piperazine rings is 1. The SMILES string of the molecule is Cc1noc([C@@H](C)N2CCN(c3nccc(C(F)(F)F)n3)CC2)n1. The molecule has 0 bridgehead atoms. The number of aromatic nitrogens is 4. The summed E-state index contributed by atoms with van der Waals surface area (Å²) >= 11 is 0. The van der Waals surface area contributed by atoms with Crippen molar-refractivity contribution in [3.8, 4) is 0 Å². The lowest BCUT2D eigenvalue weighted by molar-refractivity contribution is -0.141. The zero-order chi connectivity index (χ0) is 17.3. The Kier molecular flexibility index (Phi) is 4.39. The Hall–Kier alpha value is -2.23. The molecule has 2 aromatic heterocycles. The summed E-state index contributed by atoms with van der Waals surface area (Å²) in [6, 6.07) is 0.829. The fourth-order valence-corrected chi connectivity index (χ4v) is 2.61. The number of anilines is 1. The highest BCUT2D eigenvalue weighted by Gasteiger charge is 2.34. The highest BCUT2D eigenvalue weighted by molar-refractivity contribution is 5.31. The van der Waals surface area contributed by atoms with Crippen molar-refractivity contribution < 1.29 is 17.7 Å². The molecule has 1 fully saturated rings. The lowest BCUT2D eigenvalue weighted by Gasteiger charge is -2.36. The van der Waals surface area contributed by atoms with Crippen LogP contribution in [0.5, 0.6) is 0 Å². The second-order valence-corrected chi connectivity index (χ2v) is 5.62. The number of rotatable bonds is 3. The van der Waals surface area contributed by atoms with Crippen LogP contribution in [0.2, 0.25) is 0 Å². The molecule has 130 valence electrons. The zero-order valence-electron chi connectivity index (χ0n) is 13.3. The molecule has 1 saturated heterocycles. The molecule has 1 aliphatic rings. The molecule has 0 saturated carbocycles. The minimum Gasteiger partial charge on any atom is -0.338 e. The first-order chi connectivity index (χ1) is 11.3. The monoisotopic (exact) mass is 342 g/mol. The summed E-state index contributed by atoms with van der Waals surface area (Å²) in [5.41, 5.74) is -0.926. The maximum atomic E-state index is 12.8. The fraction of sp³-hybridized carbons (Fsp3) is 0.571. The van der Waals surface area contributed by atoms with Crippen molar-refractivity contribution in [2.75, 3.05) is 31.1 Å². The summed E-state index contributed by atoms with van der Waals surface area (Å²) in [4.78, 5) is 15.7. The Labute approximate surface area is 136 Å². The van der Waals surface area contributed by atoms with E-state index in [-0.39, 0.29) is 12.0 Å². The first kappa shape index (κ1) is 16.6. The van der Waals surface area contributed by atoms with Crippen molar-refractivity contribution in [2.45, 2.75) is 26.1 Å². The molecule has 0 radical (unpaired) electrons. The van der Waals surface area contributed by atoms with E-state index in [0.29, 0.717) is 37.9 Å². The molecule has 1 aliphatic heterocycles. The van der Waals surface area contributed by atoms with Gasteiger partial charge in [0.15, 0.2) is 5.82 Å². The molecule has 0 unspecified atom stereocenters. The Bertz CT molecular complexity index is 696. The van der Waals surface area contributed by atoms with Crippen LogP contribution in [0.15, 0.2) is 16.8 Å². The molecule has 0 aromatic carbocycles. The maximum absolute atomic E-state index is 12.8. The lowest BCUT2D eigenvalue weighted by atomic mass is 10.2. The number of alkyl halides is 3. The standard InChI is InChI=1S/C14H17F3N6O/c1-9(12-19-10(2)21-24-12)22-5-7-23(8-6-22)13-18-4-3-11(20-13)14(15,16)17/h3-4,9H,5-8H2,1-2H3/t9-/m1/s1.